The van der Waals surface area contributed by atoms with Gasteiger partial charge in [-0.1, -0.05) is 0 Å². The van der Waals surface area contributed by atoms with Crippen molar-refractivity contribution >= 4 is 12.1 Å². The van der Waals surface area contributed by atoms with Crippen molar-refractivity contribution in [1.82, 2.24) is 9.88 Å². The van der Waals surface area contributed by atoms with Crippen molar-refractivity contribution in [1.29, 1.82) is 0 Å². The van der Waals surface area contributed by atoms with E-state index in [1.54, 1.807) is 12.3 Å². The highest BCUT2D eigenvalue weighted by molar-refractivity contribution is 5.70. The van der Waals surface area contributed by atoms with E-state index in [1.807, 2.05) is 0 Å². The Kier molecular flexibility index (Phi) is 3.17. The SMILES string of the molecule is O=C(O)Cc1cc(OCN2CCOC2=O)c[nH]1. The Bertz CT molecular complexity index is 428. The first-order chi connectivity index (χ1) is 8.15. The lowest BCUT2D eigenvalue weighted by molar-refractivity contribution is -0.136. The Morgan fingerprint density at radius 1 is 1.65 bits per heavy atom. The molecule has 0 radical (unpaired) electrons. The second-order valence-electron chi connectivity index (χ2n) is 3.58. The van der Waals surface area contributed by atoms with Crippen LogP contribution in [0.4, 0.5) is 4.79 Å². The lowest BCUT2D eigenvalue weighted by Gasteiger charge is -2.12. The molecule has 0 aromatic carbocycles. The number of aromatic amines is 1. The van der Waals surface area contributed by atoms with E-state index >= 15 is 0 Å². The molecular weight excluding hydrogens is 228 g/mol. The summed E-state index contributed by atoms with van der Waals surface area (Å²) in [6, 6.07) is 1.59. The Balaban J connectivity index is 1.84. The number of carboxylic acid groups (broad SMARTS) is 1. The van der Waals surface area contributed by atoms with E-state index in [0.29, 0.717) is 24.6 Å². The average molecular weight is 240 g/mol. The number of hydrogen-bond acceptors (Lipinski definition) is 4. The summed E-state index contributed by atoms with van der Waals surface area (Å²) in [6.45, 7) is 0.980. The van der Waals surface area contributed by atoms with Crippen LogP contribution in [0.1, 0.15) is 5.69 Å². The first-order valence-corrected chi connectivity index (χ1v) is 5.09. The number of nitrogens with zero attached hydrogens (tertiary/aromatic N) is 1. The number of H-pyrrole nitrogens is 1. The molecule has 1 aromatic rings. The number of aliphatic carboxylic acids is 1. The van der Waals surface area contributed by atoms with E-state index in [2.05, 4.69) is 4.98 Å². The maximum absolute atomic E-state index is 11.1. The van der Waals surface area contributed by atoms with Crippen LogP contribution in [-0.2, 0) is 16.0 Å². The molecule has 1 fully saturated rings. The molecule has 17 heavy (non-hydrogen) atoms. The third kappa shape index (κ3) is 2.90. The van der Waals surface area contributed by atoms with Crippen LogP contribution in [0.15, 0.2) is 12.3 Å². The summed E-state index contributed by atoms with van der Waals surface area (Å²) in [5, 5.41) is 8.58. The number of cyclic esters (lactones) is 1. The van der Waals surface area contributed by atoms with Crippen LogP contribution in [-0.4, -0.2) is 46.9 Å². The Labute approximate surface area is 96.9 Å². The van der Waals surface area contributed by atoms with Gasteiger partial charge in [-0.05, 0) is 0 Å². The third-order valence-corrected chi connectivity index (χ3v) is 2.29. The molecule has 0 bridgehead atoms. The number of ether oxygens (including phenoxy) is 2. The molecule has 1 aliphatic heterocycles. The number of carbonyl (C=O) groups is 2. The lowest BCUT2D eigenvalue weighted by atomic mass is 10.3. The summed E-state index contributed by atoms with van der Waals surface area (Å²) in [5.74, 6) is -0.414. The Morgan fingerprint density at radius 3 is 3.12 bits per heavy atom. The van der Waals surface area contributed by atoms with E-state index in [-0.39, 0.29) is 13.2 Å². The fraction of sp³-hybridized carbons (Fsp3) is 0.400. The second kappa shape index (κ2) is 4.77. The first kappa shape index (κ1) is 11.3. The number of carbonyl (C=O) groups excluding carboxylic acids is 1. The minimum absolute atomic E-state index is 0.0882. The van der Waals surface area contributed by atoms with Gasteiger partial charge in [-0.3, -0.25) is 9.69 Å². The summed E-state index contributed by atoms with van der Waals surface area (Å²) in [7, 11) is 0. The molecule has 0 spiro atoms. The molecule has 1 aromatic heterocycles. The van der Waals surface area contributed by atoms with Crippen molar-refractivity contribution in [2.75, 3.05) is 19.9 Å². The van der Waals surface area contributed by atoms with Gasteiger partial charge >= 0.3 is 12.1 Å². The van der Waals surface area contributed by atoms with Gasteiger partial charge in [0.2, 0.25) is 0 Å². The summed E-state index contributed by atoms with van der Waals surface area (Å²) in [6.07, 6.45) is 1.07. The van der Waals surface area contributed by atoms with Crippen molar-refractivity contribution in [3.8, 4) is 5.75 Å². The van der Waals surface area contributed by atoms with Crippen molar-refractivity contribution in [3.63, 3.8) is 0 Å². The molecule has 1 aliphatic rings. The third-order valence-electron chi connectivity index (χ3n) is 2.29. The molecule has 0 saturated carbocycles. The molecule has 7 nitrogen and oxygen atoms in total. The van der Waals surface area contributed by atoms with E-state index < -0.39 is 12.1 Å². The zero-order valence-corrected chi connectivity index (χ0v) is 9.01. The van der Waals surface area contributed by atoms with Gasteiger partial charge in [-0.2, -0.15) is 0 Å². The smallest absolute Gasteiger partial charge is 0.412 e. The minimum atomic E-state index is -0.915. The molecular formula is C10H12N2O5. The highest BCUT2D eigenvalue weighted by atomic mass is 16.6. The van der Waals surface area contributed by atoms with Crippen LogP contribution >= 0.6 is 0 Å². The molecule has 92 valence electrons. The molecule has 7 heteroatoms. The highest BCUT2D eigenvalue weighted by Crippen LogP contribution is 2.14. The zero-order valence-electron chi connectivity index (χ0n) is 9.01. The normalized spacial score (nSPS) is 14.8. The Morgan fingerprint density at radius 2 is 2.47 bits per heavy atom. The number of aromatic nitrogens is 1. The van der Waals surface area contributed by atoms with Gasteiger partial charge in [0.1, 0.15) is 12.4 Å². The molecule has 2 N–H and O–H groups in total. The van der Waals surface area contributed by atoms with Gasteiger partial charge in [-0.15, -0.1) is 0 Å². The van der Waals surface area contributed by atoms with Gasteiger partial charge in [-0.25, -0.2) is 4.79 Å². The van der Waals surface area contributed by atoms with E-state index in [0.717, 1.165) is 0 Å². The minimum Gasteiger partial charge on any atom is -0.481 e. The molecule has 2 rings (SSSR count). The second-order valence-corrected chi connectivity index (χ2v) is 3.58. The highest BCUT2D eigenvalue weighted by Gasteiger charge is 2.22. The predicted molar refractivity (Wildman–Crippen MR) is 55.7 cm³/mol. The largest absolute Gasteiger partial charge is 0.481 e. The Hall–Kier alpha value is -2.18. The van der Waals surface area contributed by atoms with Crippen LogP contribution in [0, 0.1) is 0 Å². The van der Waals surface area contributed by atoms with E-state index in [4.69, 9.17) is 14.6 Å². The fourth-order valence-electron chi connectivity index (χ4n) is 1.46. The topological polar surface area (TPSA) is 91.9 Å². The summed E-state index contributed by atoms with van der Waals surface area (Å²) in [4.78, 5) is 25.7. The zero-order chi connectivity index (χ0) is 12.3. The maximum atomic E-state index is 11.1. The number of amides is 1. The van der Waals surface area contributed by atoms with Gasteiger partial charge in [0, 0.05) is 18.0 Å². The average Bonchev–Trinajstić information content (AvgIpc) is 2.84. The van der Waals surface area contributed by atoms with Crippen molar-refractivity contribution < 1.29 is 24.2 Å². The van der Waals surface area contributed by atoms with Crippen molar-refractivity contribution in [3.05, 3.63) is 18.0 Å². The van der Waals surface area contributed by atoms with Crippen LogP contribution in [0.2, 0.25) is 0 Å². The van der Waals surface area contributed by atoms with E-state index in [1.165, 1.54) is 4.90 Å². The van der Waals surface area contributed by atoms with Crippen molar-refractivity contribution in [2.24, 2.45) is 0 Å². The molecule has 0 unspecified atom stereocenters. The van der Waals surface area contributed by atoms with Gasteiger partial charge in [0.15, 0.2) is 6.73 Å². The predicted octanol–water partition coefficient (Wildman–Crippen LogP) is 0.430. The summed E-state index contributed by atoms with van der Waals surface area (Å²) < 4.78 is 10.1. The number of rotatable bonds is 5. The quantitative estimate of drug-likeness (QED) is 0.778. The fourth-order valence-corrected chi connectivity index (χ4v) is 1.46. The molecule has 0 aliphatic carbocycles. The van der Waals surface area contributed by atoms with Gasteiger partial charge < -0.3 is 19.6 Å². The summed E-state index contributed by atoms with van der Waals surface area (Å²) >= 11 is 0. The lowest BCUT2D eigenvalue weighted by Crippen LogP contribution is -2.28. The van der Waals surface area contributed by atoms with Crippen LogP contribution in [0.3, 0.4) is 0 Å². The monoisotopic (exact) mass is 240 g/mol. The van der Waals surface area contributed by atoms with E-state index in [9.17, 15) is 9.59 Å². The molecule has 1 saturated heterocycles. The molecule has 1 amide bonds. The number of nitrogens with one attached hydrogen (secondary N) is 1. The first-order valence-electron chi connectivity index (χ1n) is 5.09. The van der Waals surface area contributed by atoms with Gasteiger partial charge in [0.05, 0.1) is 13.0 Å². The van der Waals surface area contributed by atoms with Crippen molar-refractivity contribution in [2.45, 2.75) is 6.42 Å². The summed E-state index contributed by atoms with van der Waals surface area (Å²) in [5.41, 5.74) is 0.552. The van der Waals surface area contributed by atoms with Crippen LogP contribution in [0.5, 0.6) is 5.75 Å². The number of hydrogen-bond donors (Lipinski definition) is 2. The van der Waals surface area contributed by atoms with Crippen LogP contribution in [0.25, 0.3) is 0 Å². The molecule has 2 heterocycles. The maximum Gasteiger partial charge on any atom is 0.412 e. The van der Waals surface area contributed by atoms with Gasteiger partial charge in [0.25, 0.3) is 0 Å². The standard InChI is InChI=1S/C10H12N2O5/c13-9(14)4-7-3-8(5-11-7)17-6-12-1-2-16-10(12)15/h3,5,11H,1-2,4,6H2,(H,13,14). The van der Waals surface area contributed by atoms with Crippen LogP contribution < -0.4 is 4.74 Å². The number of carboxylic acids is 1. The molecule has 0 atom stereocenters.